The van der Waals surface area contributed by atoms with Crippen LogP contribution in [0.4, 0.5) is 0 Å². The molecule has 0 atom stereocenters. The Morgan fingerprint density at radius 2 is 2.20 bits per heavy atom. The van der Waals surface area contributed by atoms with Crippen LogP contribution in [-0.2, 0) is 11.3 Å². The van der Waals surface area contributed by atoms with E-state index in [0.29, 0.717) is 34.5 Å². The number of amides is 1. The Hall–Kier alpha value is -2.34. The quantitative estimate of drug-likeness (QED) is 0.790. The van der Waals surface area contributed by atoms with Gasteiger partial charge >= 0.3 is 5.97 Å². The zero-order valence-electron chi connectivity index (χ0n) is 13.9. The third-order valence-electron chi connectivity index (χ3n) is 4.93. The highest BCUT2D eigenvalue weighted by Gasteiger charge is 2.30. The van der Waals surface area contributed by atoms with E-state index in [-0.39, 0.29) is 18.1 Å². The second kappa shape index (κ2) is 6.19. The molecular formula is C18H18ClN3O3. The largest absolute Gasteiger partial charge is 0.461 e. The summed E-state index contributed by atoms with van der Waals surface area (Å²) in [5, 5.41) is 0.380. The van der Waals surface area contributed by atoms with Crippen molar-refractivity contribution in [3.8, 4) is 5.69 Å². The summed E-state index contributed by atoms with van der Waals surface area (Å²) in [6.07, 6.45) is 4.97. The molecule has 4 rings (SSSR count). The van der Waals surface area contributed by atoms with Gasteiger partial charge in [-0.15, -0.1) is 0 Å². The lowest BCUT2D eigenvalue weighted by Crippen LogP contribution is -2.26. The van der Waals surface area contributed by atoms with Crippen molar-refractivity contribution in [2.75, 3.05) is 13.7 Å². The van der Waals surface area contributed by atoms with Crippen molar-refractivity contribution in [3.63, 3.8) is 0 Å². The Kier molecular flexibility index (Phi) is 4.00. The van der Waals surface area contributed by atoms with Crippen LogP contribution >= 0.6 is 11.6 Å². The number of fused-ring (bicyclic) bond motifs is 3. The molecule has 2 heterocycles. The van der Waals surface area contributed by atoms with Crippen molar-refractivity contribution >= 4 is 23.5 Å². The van der Waals surface area contributed by atoms with E-state index in [9.17, 15) is 9.59 Å². The van der Waals surface area contributed by atoms with Crippen molar-refractivity contribution in [1.82, 2.24) is 14.5 Å². The minimum Gasteiger partial charge on any atom is -0.461 e. The summed E-state index contributed by atoms with van der Waals surface area (Å²) in [5.41, 5.74) is 1.93. The summed E-state index contributed by atoms with van der Waals surface area (Å²) in [6, 6.07) is 5.26. The number of carbonyl (C=O) groups is 2. The summed E-state index contributed by atoms with van der Waals surface area (Å²) in [7, 11) is 1.68. The van der Waals surface area contributed by atoms with Crippen LogP contribution in [0.2, 0.25) is 5.02 Å². The number of carbonyl (C=O) groups excluding carboxylic acids is 2. The summed E-state index contributed by atoms with van der Waals surface area (Å²) >= 11 is 6.24. The summed E-state index contributed by atoms with van der Waals surface area (Å²) < 4.78 is 7.18. The molecule has 6 nitrogen and oxygen atoms in total. The summed E-state index contributed by atoms with van der Waals surface area (Å²) in [5.74, 6) is -0.154. The lowest BCUT2D eigenvalue weighted by molar-refractivity contribution is 0.0362. The average molecular weight is 360 g/mol. The Morgan fingerprint density at radius 3 is 2.92 bits per heavy atom. The first kappa shape index (κ1) is 16.1. The van der Waals surface area contributed by atoms with Gasteiger partial charge in [0.25, 0.3) is 5.91 Å². The third kappa shape index (κ3) is 2.70. The number of ether oxygens (including phenoxy) is 1. The Bertz CT molecular complexity index is 857. The van der Waals surface area contributed by atoms with Gasteiger partial charge in [-0.25, -0.2) is 9.78 Å². The first-order valence-electron chi connectivity index (χ1n) is 8.34. The molecule has 1 aliphatic heterocycles. The molecule has 1 fully saturated rings. The Morgan fingerprint density at radius 1 is 1.40 bits per heavy atom. The molecule has 0 unspecified atom stereocenters. The highest BCUT2D eigenvalue weighted by Crippen LogP contribution is 2.31. The van der Waals surface area contributed by atoms with Gasteiger partial charge in [-0.05, 0) is 30.9 Å². The van der Waals surface area contributed by atoms with E-state index in [4.69, 9.17) is 16.3 Å². The standard InChI is InChI=1S/C18H18ClN3O3/c1-21-8-14-16(18(24)25-9-11-4-2-5-11)20-10-22(14)13-7-3-6-12(19)15(13)17(21)23/h3,6-7,10-11H,2,4-5,8-9H2,1H3. The number of hydrogen-bond acceptors (Lipinski definition) is 4. The minimum atomic E-state index is -0.438. The molecule has 130 valence electrons. The van der Waals surface area contributed by atoms with Crippen LogP contribution in [0.3, 0.4) is 0 Å². The predicted octanol–water partition coefficient (Wildman–Crippen LogP) is 3.07. The zero-order chi connectivity index (χ0) is 17.6. The van der Waals surface area contributed by atoms with Crippen molar-refractivity contribution < 1.29 is 14.3 Å². The fourth-order valence-corrected chi connectivity index (χ4v) is 3.49. The molecule has 0 radical (unpaired) electrons. The van der Waals surface area contributed by atoms with Crippen LogP contribution < -0.4 is 0 Å². The fourth-order valence-electron chi connectivity index (χ4n) is 3.24. The van der Waals surface area contributed by atoms with E-state index < -0.39 is 5.97 Å². The van der Waals surface area contributed by atoms with Crippen LogP contribution in [0.25, 0.3) is 5.69 Å². The topological polar surface area (TPSA) is 64.4 Å². The Balaban J connectivity index is 1.72. The van der Waals surface area contributed by atoms with Crippen molar-refractivity contribution in [2.45, 2.75) is 25.8 Å². The number of halogens is 1. The number of imidazole rings is 1. The molecule has 2 aromatic rings. The molecule has 7 heteroatoms. The van der Waals surface area contributed by atoms with Gasteiger partial charge in [0.2, 0.25) is 0 Å². The van der Waals surface area contributed by atoms with Gasteiger partial charge in [0, 0.05) is 7.05 Å². The minimum absolute atomic E-state index is 0.182. The molecule has 25 heavy (non-hydrogen) atoms. The molecule has 1 aliphatic carbocycles. The molecule has 2 aliphatic rings. The molecule has 1 aromatic heterocycles. The smallest absolute Gasteiger partial charge is 0.358 e. The number of rotatable bonds is 3. The van der Waals surface area contributed by atoms with Gasteiger partial charge in [-0.1, -0.05) is 24.1 Å². The van der Waals surface area contributed by atoms with Gasteiger partial charge in [-0.3, -0.25) is 9.36 Å². The van der Waals surface area contributed by atoms with Crippen LogP contribution in [0, 0.1) is 5.92 Å². The molecule has 0 spiro atoms. The maximum Gasteiger partial charge on any atom is 0.358 e. The maximum absolute atomic E-state index is 12.7. The van der Waals surface area contributed by atoms with Crippen LogP contribution in [0.1, 0.15) is 45.8 Å². The van der Waals surface area contributed by atoms with E-state index in [1.165, 1.54) is 11.3 Å². The van der Waals surface area contributed by atoms with Crippen molar-refractivity contribution in [2.24, 2.45) is 5.92 Å². The highest BCUT2D eigenvalue weighted by molar-refractivity contribution is 6.34. The summed E-state index contributed by atoms with van der Waals surface area (Å²) in [6.45, 7) is 0.694. The number of benzene rings is 1. The molecule has 0 bridgehead atoms. The highest BCUT2D eigenvalue weighted by atomic mass is 35.5. The van der Waals surface area contributed by atoms with E-state index >= 15 is 0 Å². The van der Waals surface area contributed by atoms with E-state index in [1.54, 1.807) is 36.1 Å². The summed E-state index contributed by atoms with van der Waals surface area (Å²) in [4.78, 5) is 30.9. The number of aromatic nitrogens is 2. The van der Waals surface area contributed by atoms with E-state index in [1.807, 2.05) is 0 Å². The van der Waals surface area contributed by atoms with E-state index in [0.717, 1.165) is 12.8 Å². The number of hydrogen-bond donors (Lipinski definition) is 0. The lowest BCUT2D eigenvalue weighted by atomic mass is 9.86. The monoisotopic (exact) mass is 359 g/mol. The van der Waals surface area contributed by atoms with Crippen LogP contribution in [-0.4, -0.2) is 40.0 Å². The van der Waals surface area contributed by atoms with Gasteiger partial charge in [0.15, 0.2) is 5.69 Å². The van der Waals surface area contributed by atoms with Crippen molar-refractivity contribution in [1.29, 1.82) is 0 Å². The third-order valence-corrected chi connectivity index (χ3v) is 5.25. The lowest BCUT2D eigenvalue weighted by Gasteiger charge is -2.24. The maximum atomic E-state index is 12.7. The van der Waals surface area contributed by atoms with Gasteiger partial charge in [0.1, 0.15) is 6.33 Å². The molecule has 1 aromatic carbocycles. The number of esters is 1. The van der Waals surface area contributed by atoms with Crippen LogP contribution in [0.15, 0.2) is 24.5 Å². The van der Waals surface area contributed by atoms with Crippen molar-refractivity contribution in [3.05, 3.63) is 46.5 Å². The van der Waals surface area contributed by atoms with E-state index in [2.05, 4.69) is 4.98 Å². The van der Waals surface area contributed by atoms with Gasteiger partial charge in [-0.2, -0.15) is 0 Å². The number of nitrogens with zero attached hydrogens (tertiary/aromatic N) is 3. The predicted molar refractivity (Wildman–Crippen MR) is 92.0 cm³/mol. The fraction of sp³-hybridized carbons (Fsp3) is 0.389. The average Bonchev–Trinajstić information content (AvgIpc) is 2.91. The van der Waals surface area contributed by atoms with Crippen LogP contribution in [0.5, 0.6) is 0 Å². The van der Waals surface area contributed by atoms with Gasteiger partial charge in [0.05, 0.1) is 35.1 Å². The zero-order valence-corrected chi connectivity index (χ0v) is 14.6. The first-order valence-corrected chi connectivity index (χ1v) is 8.71. The molecule has 0 saturated heterocycles. The molecular weight excluding hydrogens is 342 g/mol. The molecule has 1 amide bonds. The molecule has 1 saturated carbocycles. The second-order valence-electron chi connectivity index (χ2n) is 6.60. The normalized spacial score (nSPS) is 16.7. The second-order valence-corrected chi connectivity index (χ2v) is 7.01. The SMILES string of the molecule is CN1Cc2c(C(=O)OCC3CCC3)ncn2-c2cccc(Cl)c2C1=O. The first-order chi connectivity index (χ1) is 12.1. The molecule has 0 N–H and O–H groups in total. The Labute approximate surface area is 150 Å². The van der Waals surface area contributed by atoms with Gasteiger partial charge < -0.3 is 9.64 Å².